The van der Waals surface area contributed by atoms with E-state index in [0.717, 1.165) is 25.0 Å². The van der Waals surface area contributed by atoms with Crippen molar-refractivity contribution < 1.29 is 19.1 Å². The predicted molar refractivity (Wildman–Crippen MR) is 144 cm³/mol. The summed E-state index contributed by atoms with van der Waals surface area (Å²) in [4.78, 5) is 38.8. The van der Waals surface area contributed by atoms with Crippen molar-refractivity contribution in [2.45, 2.75) is 58.6 Å². The summed E-state index contributed by atoms with van der Waals surface area (Å²) in [6, 6.07) is 6.84. The summed E-state index contributed by atoms with van der Waals surface area (Å²) in [6.45, 7) is 8.40. The van der Waals surface area contributed by atoms with Crippen LogP contribution < -0.4 is 9.64 Å². The zero-order chi connectivity index (χ0) is 26.9. The molecule has 0 aliphatic carbocycles. The molecule has 1 aromatic carbocycles. The van der Waals surface area contributed by atoms with Gasteiger partial charge in [-0.3, -0.25) is 14.7 Å². The molecule has 0 bridgehead atoms. The zero-order valence-electron chi connectivity index (χ0n) is 22.2. The Kier molecular flexibility index (Phi) is 7.64. The number of nitrogens with zero attached hydrogens (tertiary/aromatic N) is 5. The van der Waals surface area contributed by atoms with Gasteiger partial charge < -0.3 is 18.9 Å². The van der Waals surface area contributed by atoms with Crippen LogP contribution in [0.4, 0.5) is 10.7 Å². The van der Waals surface area contributed by atoms with Crippen LogP contribution in [0.2, 0.25) is 5.02 Å². The van der Waals surface area contributed by atoms with E-state index < -0.39 is 5.60 Å². The molecule has 1 atom stereocenters. The normalized spacial score (nSPS) is 16.4. The fraction of sp³-hybridized carbons (Fsp3) is 0.481. The molecule has 0 spiro atoms. The Labute approximate surface area is 222 Å². The number of rotatable bonds is 4. The maximum atomic E-state index is 13.5. The number of carbonyl (C=O) groups excluding carboxylic acids is 2. The van der Waals surface area contributed by atoms with Crippen LogP contribution in [0.25, 0.3) is 11.0 Å². The van der Waals surface area contributed by atoms with E-state index in [1.165, 1.54) is 4.90 Å². The van der Waals surface area contributed by atoms with E-state index in [1.807, 2.05) is 38.3 Å². The summed E-state index contributed by atoms with van der Waals surface area (Å²) >= 11 is 6.83. The molecule has 3 heterocycles. The molecule has 1 saturated heterocycles. The molecule has 2 amide bonds. The molecule has 4 rings (SSSR count). The second-order valence-corrected chi connectivity index (χ2v) is 10.7. The Morgan fingerprint density at radius 1 is 1.19 bits per heavy atom. The third kappa shape index (κ3) is 5.66. The number of carbonyl (C=O) groups is 2. The first-order valence-electron chi connectivity index (χ1n) is 12.4. The SMILES string of the molecule is COc1ccc2nc(N(C)C(=O)c3ccnc(C)c3)n([C@@H]3CCCCN(C(=O)OC(C)(C)C)C3)c2c1Cl. The van der Waals surface area contributed by atoms with Crippen LogP contribution in [-0.4, -0.2) is 64.3 Å². The first-order valence-corrected chi connectivity index (χ1v) is 12.8. The van der Waals surface area contributed by atoms with Crippen molar-refractivity contribution in [3.05, 3.63) is 46.7 Å². The molecule has 1 aliphatic heterocycles. The molecule has 3 aromatic rings. The molecule has 0 N–H and O–H groups in total. The maximum absolute atomic E-state index is 13.5. The second-order valence-electron chi connectivity index (χ2n) is 10.4. The van der Waals surface area contributed by atoms with Gasteiger partial charge in [0, 0.05) is 37.6 Å². The van der Waals surface area contributed by atoms with E-state index in [2.05, 4.69) is 4.98 Å². The summed E-state index contributed by atoms with van der Waals surface area (Å²) in [5.74, 6) is 0.738. The number of methoxy groups -OCH3 is 1. The van der Waals surface area contributed by atoms with Gasteiger partial charge in [0.05, 0.1) is 24.2 Å². The highest BCUT2D eigenvalue weighted by atomic mass is 35.5. The van der Waals surface area contributed by atoms with Crippen molar-refractivity contribution >= 4 is 40.6 Å². The molecule has 0 radical (unpaired) electrons. The van der Waals surface area contributed by atoms with Crippen LogP contribution in [0, 0.1) is 6.92 Å². The van der Waals surface area contributed by atoms with Crippen molar-refractivity contribution in [1.82, 2.24) is 19.4 Å². The molecular formula is C27H34ClN5O4. The summed E-state index contributed by atoms with van der Waals surface area (Å²) in [5, 5.41) is 0.410. The van der Waals surface area contributed by atoms with Crippen molar-refractivity contribution in [1.29, 1.82) is 0 Å². The molecule has 1 aliphatic rings. The molecule has 2 aromatic heterocycles. The highest BCUT2D eigenvalue weighted by molar-refractivity contribution is 6.36. The third-order valence-electron chi connectivity index (χ3n) is 6.37. The number of benzene rings is 1. The number of amides is 2. The number of halogens is 1. The minimum atomic E-state index is -0.599. The fourth-order valence-electron chi connectivity index (χ4n) is 4.64. The Bertz CT molecular complexity index is 1320. The van der Waals surface area contributed by atoms with Crippen molar-refractivity contribution in [2.75, 3.05) is 32.1 Å². The van der Waals surface area contributed by atoms with E-state index in [4.69, 9.17) is 26.1 Å². The highest BCUT2D eigenvalue weighted by Crippen LogP contribution is 2.39. The first kappa shape index (κ1) is 26.7. The number of imidazole rings is 1. The number of hydrogen-bond acceptors (Lipinski definition) is 6. The van der Waals surface area contributed by atoms with Crippen LogP contribution in [0.15, 0.2) is 30.5 Å². The third-order valence-corrected chi connectivity index (χ3v) is 6.73. The molecule has 0 unspecified atom stereocenters. The number of pyridine rings is 1. The van der Waals surface area contributed by atoms with Gasteiger partial charge in [0.1, 0.15) is 16.4 Å². The Balaban J connectivity index is 1.82. The lowest BCUT2D eigenvalue weighted by Crippen LogP contribution is -2.40. The van der Waals surface area contributed by atoms with E-state index in [9.17, 15) is 9.59 Å². The van der Waals surface area contributed by atoms with Crippen LogP contribution in [0.3, 0.4) is 0 Å². The van der Waals surface area contributed by atoms with Crippen LogP contribution in [0.1, 0.15) is 62.1 Å². The molecule has 10 heteroatoms. The minimum absolute atomic E-state index is 0.186. The average Bonchev–Trinajstić information content (AvgIpc) is 3.06. The lowest BCUT2D eigenvalue weighted by atomic mass is 10.1. The fourth-order valence-corrected chi connectivity index (χ4v) is 4.97. The van der Waals surface area contributed by atoms with Gasteiger partial charge in [0.2, 0.25) is 5.95 Å². The number of hydrogen-bond donors (Lipinski definition) is 0. The minimum Gasteiger partial charge on any atom is -0.495 e. The number of fused-ring (bicyclic) bond motifs is 1. The average molecular weight is 528 g/mol. The molecular weight excluding hydrogens is 494 g/mol. The van der Waals surface area contributed by atoms with Gasteiger partial charge in [-0.05, 0) is 71.2 Å². The molecule has 0 saturated carbocycles. The van der Waals surface area contributed by atoms with Gasteiger partial charge in [0.25, 0.3) is 5.91 Å². The van der Waals surface area contributed by atoms with Crippen LogP contribution in [-0.2, 0) is 4.74 Å². The van der Waals surface area contributed by atoms with E-state index in [-0.39, 0.29) is 18.0 Å². The smallest absolute Gasteiger partial charge is 0.410 e. The monoisotopic (exact) mass is 527 g/mol. The van der Waals surface area contributed by atoms with Crippen LogP contribution >= 0.6 is 11.6 Å². The van der Waals surface area contributed by atoms with Gasteiger partial charge >= 0.3 is 6.09 Å². The number of ether oxygens (including phenoxy) is 2. The molecule has 9 nitrogen and oxygen atoms in total. The number of likely N-dealkylation sites (tertiary alicyclic amines) is 1. The summed E-state index contributed by atoms with van der Waals surface area (Å²) in [6.07, 6.45) is 3.78. The van der Waals surface area contributed by atoms with Crippen molar-refractivity contribution in [3.8, 4) is 5.75 Å². The molecule has 1 fully saturated rings. The van der Waals surface area contributed by atoms with E-state index in [0.29, 0.717) is 46.4 Å². The quantitative estimate of drug-likeness (QED) is 0.436. The van der Waals surface area contributed by atoms with Gasteiger partial charge in [-0.2, -0.15) is 0 Å². The predicted octanol–water partition coefficient (Wildman–Crippen LogP) is 5.64. The Morgan fingerprint density at radius 3 is 2.62 bits per heavy atom. The molecule has 198 valence electrons. The zero-order valence-corrected chi connectivity index (χ0v) is 23.0. The topological polar surface area (TPSA) is 89.8 Å². The van der Waals surface area contributed by atoms with E-state index in [1.54, 1.807) is 43.5 Å². The lowest BCUT2D eigenvalue weighted by molar-refractivity contribution is 0.0237. The highest BCUT2D eigenvalue weighted by Gasteiger charge is 2.32. The van der Waals surface area contributed by atoms with Gasteiger partial charge in [0.15, 0.2) is 0 Å². The number of aryl methyl sites for hydroxylation is 1. The standard InChI is InChI=1S/C27H34ClN5O4/c1-17-15-18(12-13-29-17)24(34)31(5)25-30-20-10-11-21(36-6)22(28)23(20)33(25)19-9-7-8-14-32(16-19)26(35)37-27(2,3)4/h10-13,15,19H,7-9,14,16H2,1-6H3/t19-/m1/s1. The van der Waals surface area contributed by atoms with Crippen molar-refractivity contribution in [2.24, 2.45) is 0 Å². The van der Waals surface area contributed by atoms with Gasteiger partial charge in [-0.1, -0.05) is 11.6 Å². The molecule has 37 heavy (non-hydrogen) atoms. The Hall–Kier alpha value is -3.33. The second kappa shape index (κ2) is 10.6. The summed E-state index contributed by atoms with van der Waals surface area (Å²) in [7, 11) is 3.26. The van der Waals surface area contributed by atoms with Crippen LogP contribution in [0.5, 0.6) is 5.75 Å². The maximum Gasteiger partial charge on any atom is 0.410 e. The number of anilines is 1. The Morgan fingerprint density at radius 2 is 1.95 bits per heavy atom. The lowest BCUT2D eigenvalue weighted by Gasteiger charge is -2.30. The van der Waals surface area contributed by atoms with Crippen molar-refractivity contribution in [3.63, 3.8) is 0 Å². The summed E-state index contributed by atoms with van der Waals surface area (Å²) < 4.78 is 13.1. The van der Waals surface area contributed by atoms with Gasteiger partial charge in [-0.25, -0.2) is 9.78 Å². The van der Waals surface area contributed by atoms with E-state index >= 15 is 0 Å². The number of aromatic nitrogens is 3. The largest absolute Gasteiger partial charge is 0.495 e. The van der Waals surface area contributed by atoms with Gasteiger partial charge in [-0.15, -0.1) is 0 Å². The first-order chi connectivity index (χ1) is 17.5. The summed E-state index contributed by atoms with van der Waals surface area (Å²) in [5.41, 5.74) is 1.96.